The first-order chi connectivity index (χ1) is 15.3. The zero-order chi connectivity index (χ0) is 21.7. The zero-order valence-electron chi connectivity index (χ0n) is 20.5. The second-order valence-electron chi connectivity index (χ2n) is 10.5. The molecule has 0 spiro atoms. The minimum atomic E-state index is 0.742. The number of unbranched alkanes of at least 4 members (excludes halogenated alkanes) is 1. The van der Waals surface area contributed by atoms with E-state index in [-0.39, 0.29) is 0 Å². The molecule has 31 heavy (non-hydrogen) atoms. The second-order valence-corrected chi connectivity index (χ2v) is 10.5. The Morgan fingerprint density at radius 1 is 0.581 bits per heavy atom. The van der Waals surface area contributed by atoms with Crippen LogP contribution in [0.15, 0.2) is 24.3 Å². The van der Waals surface area contributed by atoms with Gasteiger partial charge in [-0.15, -0.1) is 0 Å². The maximum Gasteiger partial charge on any atom is 0.119 e. The highest BCUT2D eigenvalue weighted by Crippen LogP contribution is 2.34. The monoisotopic (exact) mass is 428 g/mol. The summed E-state index contributed by atoms with van der Waals surface area (Å²) in [6.07, 6.45) is 20.8. The van der Waals surface area contributed by atoms with E-state index in [4.69, 9.17) is 9.47 Å². The lowest BCUT2D eigenvalue weighted by Gasteiger charge is -2.28. The van der Waals surface area contributed by atoms with Crippen LogP contribution >= 0.6 is 0 Å². The van der Waals surface area contributed by atoms with E-state index in [1.54, 1.807) is 0 Å². The minimum absolute atomic E-state index is 0.742. The number of benzene rings is 1. The van der Waals surface area contributed by atoms with Gasteiger partial charge in [-0.3, -0.25) is 0 Å². The number of hydrogen-bond acceptors (Lipinski definition) is 2. The van der Waals surface area contributed by atoms with Crippen molar-refractivity contribution in [2.45, 2.75) is 110 Å². The molecular weight excluding hydrogens is 380 g/mol. The van der Waals surface area contributed by atoms with E-state index in [9.17, 15) is 0 Å². The lowest BCUT2D eigenvalue weighted by molar-refractivity contribution is 0.178. The van der Waals surface area contributed by atoms with E-state index in [0.29, 0.717) is 0 Å². The van der Waals surface area contributed by atoms with E-state index >= 15 is 0 Å². The highest BCUT2D eigenvalue weighted by atomic mass is 16.5. The fourth-order valence-electron chi connectivity index (χ4n) is 5.80. The molecule has 0 aromatic heterocycles. The van der Waals surface area contributed by atoms with Crippen molar-refractivity contribution in [3.63, 3.8) is 0 Å². The Balaban J connectivity index is 1.24. The Morgan fingerprint density at radius 3 is 1.61 bits per heavy atom. The van der Waals surface area contributed by atoms with Gasteiger partial charge in [-0.1, -0.05) is 84.5 Å². The lowest BCUT2D eigenvalue weighted by atomic mass is 9.78. The summed E-state index contributed by atoms with van der Waals surface area (Å²) in [6, 6.07) is 8.31. The number of hydrogen-bond donors (Lipinski definition) is 0. The van der Waals surface area contributed by atoms with E-state index in [0.717, 1.165) is 48.4 Å². The molecule has 2 nitrogen and oxygen atoms in total. The van der Waals surface area contributed by atoms with Crippen LogP contribution in [0.5, 0.6) is 11.5 Å². The molecule has 176 valence electrons. The standard InChI is InChI=1S/C29H48O2/c1-3-5-8-25-14-16-27(17-15-25)23-31-29-20-18-28(19-21-29)30-22-6-9-26-12-10-24(7-4-2)11-13-26/h18-21,24-27H,3-17,22-23H2,1-2H3. The van der Waals surface area contributed by atoms with Gasteiger partial charge in [0.25, 0.3) is 0 Å². The first kappa shape index (κ1) is 24.5. The zero-order valence-corrected chi connectivity index (χ0v) is 20.5. The molecule has 0 heterocycles. The lowest BCUT2D eigenvalue weighted by Crippen LogP contribution is -2.20. The summed E-state index contributed by atoms with van der Waals surface area (Å²) in [5.74, 6) is 5.64. The first-order valence-electron chi connectivity index (χ1n) is 13.6. The summed E-state index contributed by atoms with van der Waals surface area (Å²) in [7, 11) is 0. The molecule has 0 aliphatic heterocycles. The van der Waals surface area contributed by atoms with Crippen molar-refractivity contribution in [2.75, 3.05) is 13.2 Å². The summed E-state index contributed by atoms with van der Waals surface area (Å²) in [5, 5.41) is 0. The Bertz CT molecular complexity index is 565. The van der Waals surface area contributed by atoms with Crippen LogP contribution in [0.2, 0.25) is 0 Å². The summed E-state index contributed by atoms with van der Waals surface area (Å²) in [5.41, 5.74) is 0. The molecule has 2 aliphatic rings. The van der Waals surface area contributed by atoms with Crippen LogP contribution in [0, 0.1) is 23.7 Å². The van der Waals surface area contributed by atoms with Gasteiger partial charge >= 0.3 is 0 Å². The SMILES string of the molecule is CCCCC1CCC(COc2ccc(OCCCC3CCC(CCC)CC3)cc2)CC1. The highest BCUT2D eigenvalue weighted by Gasteiger charge is 2.21. The van der Waals surface area contributed by atoms with Crippen LogP contribution < -0.4 is 9.47 Å². The Hall–Kier alpha value is -1.18. The first-order valence-corrected chi connectivity index (χ1v) is 13.6. The molecule has 2 aliphatic carbocycles. The van der Waals surface area contributed by atoms with Gasteiger partial charge in [0.2, 0.25) is 0 Å². The van der Waals surface area contributed by atoms with Gasteiger partial charge < -0.3 is 9.47 Å². The normalized spacial score (nSPS) is 26.5. The fraction of sp³-hybridized carbons (Fsp3) is 0.793. The molecule has 0 atom stereocenters. The van der Waals surface area contributed by atoms with Crippen molar-refractivity contribution in [3.05, 3.63) is 24.3 Å². The highest BCUT2D eigenvalue weighted by molar-refractivity contribution is 5.31. The molecule has 0 radical (unpaired) electrons. The largest absolute Gasteiger partial charge is 0.494 e. The smallest absolute Gasteiger partial charge is 0.119 e. The third kappa shape index (κ3) is 9.07. The molecule has 1 aromatic carbocycles. The third-order valence-corrected chi connectivity index (χ3v) is 7.93. The average molecular weight is 429 g/mol. The molecule has 0 amide bonds. The summed E-state index contributed by atoms with van der Waals surface area (Å²) >= 11 is 0. The Morgan fingerprint density at radius 2 is 1.06 bits per heavy atom. The molecule has 2 heteroatoms. The fourth-order valence-corrected chi connectivity index (χ4v) is 5.80. The van der Waals surface area contributed by atoms with Crippen LogP contribution in [0.1, 0.15) is 110 Å². The van der Waals surface area contributed by atoms with Crippen molar-refractivity contribution in [1.29, 1.82) is 0 Å². The molecule has 2 fully saturated rings. The minimum Gasteiger partial charge on any atom is -0.494 e. The maximum atomic E-state index is 6.09. The van der Waals surface area contributed by atoms with Crippen molar-refractivity contribution in [3.8, 4) is 11.5 Å². The molecule has 0 N–H and O–H groups in total. The van der Waals surface area contributed by atoms with Gasteiger partial charge in [-0.25, -0.2) is 0 Å². The predicted molar refractivity (Wildman–Crippen MR) is 132 cm³/mol. The molecule has 2 saturated carbocycles. The van der Waals surface area contributed by atoms with Gasteiger partial charge in [-0.05, 0) is 73.6 Å². The summed E-state index contributed by atoms with van der Waals surface area (Å²) in [6.45, 7) is 6.34. The van der Waals surface area contributed by atoms with Gasteiger partial charge in [0.05, 0.1) is 13.2 Å². The van der Waals surface area contributed by atoms with Gasteiger partial charge in [-0.2, -0.15) is 0 Å². The molecule has 1 aromatic rings. The van der Waals surface area contributed by atoms with Crippen molar-refractivity contribution in [1.82, 2.24) is 0 Å². The van der Waals surface area contributed by atoms with Crippen LogP contribution in [0.4, 0.5) is 0 Å². The van der Waals surface area contributed by atoms with Crippen molar-refractivity contribution >= 4 is 0 Å². The van der Waals surface area contributed by atoms with E-state index < -0.39 is 0 Å². The van der Waals surface area contributed by atoms with E-state index in [1.165, 1.54) is 96.3 Å². The molecule has 0 bridgehead atoms. The quantitative estimate of drug-likeness (QED) is 0.292. The van der Waals surface area contributed by atoms with Gasteiger partial charge in [0, 0.05) is 0 Å². The van der Waals surface area contributed by atoms with Crippen LogP contribution in [-0.4, -0.2) is 13.2 Å². The summed E-state index contributed by atoms with van der Waals surface area (Å²) < 4.78 is 12.1. The molecule has 3 rings (SSSR count). The van der Waals surface area contributed by atoms with E-state index in [2.05, 4.69) is 38.1 Å². The average Bonchev–Trinajstić information content (AvgIpc) is 2.82. The molecule has 0 saturated heterocycles. The number of rotatable bonds is 13. The summed E-state index contributed by atoms with van der Waals surface area (Å²) in [4.78, 5) is 0. The van der Waals surface area contributed by atoms with Crippen molar-refractivity contribution < 1.29 is 9.47 Å². The van der Waals surface area contributed by atoms with Crippen molar-refractivity contribution in [2.24, 2.45) is 23.7 Å². The second kappa shape index (κ2) is 14.1. The van der Waals surface area contributed by atoms with E-state index in [1.807, 2.05) is 0 Å². The van der Waals surface area contributed by atoms with Crippen LogP contribution in [0.3, 0.4) is 0 Å². The Labute approximate surface area is 192 Å². The molecule has 0 unspecified atom stereocenters. The molecular formula is C29H48O2. The van der Waals surface area contributed by atoms with Gasteiger partial charge in [0.15, 0.2) is 0 Å². The maximum absolute atomic E-state index is 6.09. The Kier molecular flexibility index (Phi) is 11.1. The van der Waals surface area contributed by atoms with Crippen LogP contribution in [-0.2, 0) is 0 Å². The topological polar surface area (TPSA) is 18.5 Å². The number of ether oxygens (including phenoxy) is 2. The van der Waals surface area contributed by atoms with Crippen LogP contribution in [0.25, 0.3) is 0 Å². The third-order valence-electron chi connectivity index (χ3n) is 7.93. The predicted octanol–water partition coefficient (Wildman–Crippen LogP) is 8.83. The van der Waals surface area contributed by atoms with Gasteiger partial charge in [0.1, 0.15) is 11.5 Å².